The van der Waals surface area contributed by atoms with Crippen LogP contribution in [0.15, 0.2) is 60.8 Å². The molecule has 1 saturated heterocycles. The van der Waals surface area contributed by atoms with E-state index in [2.05, 4.69) is 55.6 Å². The van der Waals surface area contributed by atoms with E-state index in [9.17, 15) is 35.1 Å². The molecule has 0 saturated carbocycles. The maximum Gasteiger partial charge on any atom is 0.305 e. The lowest BCUT2D eigenvalue weighted by Crippen LogP contribution is -2.60. The van der Waals surface area contributed by atoms with Crippen molar-refractivity contribution < 1.29 is 49.3 Å². The van der Waals surface area contributed by atoms with Gasteiger partial charge in [-0.3, -0.25) is 9.59 Å². The van der Waals surface area contributed by atoms with Gasteiger partial charge in [0.2, 0.25) is 5.91 Å². The number of unbranched alkanes of at least 4 members (excludes halogenated alkanes) is 23. The first kappa shape index (κ1) is 62.4. The Hall–Kier alpha value is -2.64. The van der Waals surface area contributed by atoms with Crippen LogP contribution in [0.25, 0.3) is 0 Å². The molecule has 0 aromatic carbocycles. The largest absolute Gasteiger partial charge is 0.466 e. The van der Waals surface area contributed by atoms with Gasteiger partial charge in [0, 0.05) is 12.8 Å². The van der Waals surface area contributed by atoms with E-state index in [1.807, 2.05) is 18.2 Å². The number of ether oxygens (including phenoxy) is 3. The zero-order chi connectivity index (χ0) is 48.8. The van der Waals surface area contributed by atoms with Gasteiger partial charge in [0.1, 0.15) is 24.4 Å². The van der Waals surface area contributed by atoms with Crippen molar-refractivity contribution in [3.05, 3.63) is 60.8 Å². The second-order valence-corrected chi connectivity index (χ2v) is 18.6. The monoisotopic (exact) mass is 946 g/mol. The zero-order valence-corrected chi connectivity index (χ0v) is 42.3. The number of nitrogens with one attached hydrogen (secondary N) is 1. The normalized spacial score (nSPS) is 20.0. The van der Waals surface area contributed by atoms with E-state index >= 15 is 0 Å². The quantitative estimate of drug-likeness (QED) is 0.0196. The second kappa shape index (κ2) is 45.8. The summed E-state index contributed by atoms with van der Waals surface area (Å²) in [4.78, 5) is 25.0. The third-order valence-corrected chi connectivity index (χ3v) is 12.3. The van der Waals surface area contributed by atoms with Crippen molar-refractivity contribution in [3.63, 3.8) is 0 Å². The molecule has 7 atom stereocenters. The fourth-order valence-electron chi connectivity index (χ4n) is 7.96. The predicted molar refractivity (Wildman–Crippen MR) is 273 cm³/mol. The van der Waals surface area contributed by atoms with Crippen molar-refractivity contribution >= 4 is 11.9 Å². The maximum absolute atomic E-state index is 13.0. The molecule has 388 valence electrons. The summed E-state index contributed by atoms with van der Waals surface area (Å²) in [6.07, 6.45) is 47.4. The molecule has 0 aliphatic carbocycles. The molecule has 0 spiro atoms. The standard InChI is InChI=1S/C56H99NO10/c1-3-5-7-9-11-13-15-17-19-22-26-30-34-38-42-49(59)48(47-66-56-55(64)54(63)53(62)50(46-58)67-56)57-51(60)43-39-35-31-27-23-20-18-21-25-29-33-37-41-45-65-52(61)44-40-36-32-28-24-16-14-12-10-8-6-4-2/h12,14,20,22-23,26,31,35,38,42,48-50,53-56,58-59,62-64H,3-11,13,15-19,21,24-25,27-30,32-34,36-37,39-41,43-47H2,1-2H3,(H,57,60)/b14-12-,23-20-,26-22+,35-31-,42-38+. The second-order valence-electron chi connectivity index (χ2n) is 18.6. The maximum atomic E-state index is 13.0. The van der Waals surface area contributed by atoms with E-state index in [1.54, 1.807) is 6.08 Å². The Morgan fingerprint density at radius 2 is 1.03 bits per heavy atom. The number of carbonyl (C=O) groups excluding carboxylic acids is 2. The molecule has 1 amide bonds. The van der Waals surface area contributed by atoms with E-state index in [1.165, 1.54) is 116 Å². The van der Waals surface area contributed by atoms with Crippen molar-refractivity contribution in [2.45, 2.75) is 262 Å². The van der Waals surface area contributed by atoms with Crippen LogP contribution >= 0.6 is 0 Å². The number of hydrogen-bond acceptors (Lipinski definition) is 10. The highest BCUT2D eigenvalue weighted by Crippen LogP contribution is 2.22. The van der Waals surface area contributed by atoms with Crippen molar-refractivity contribution in [1.82, 2.24) is 5.32 Å². The molecule has 0 aromatic rings. The van der Waals surface area contributed by atoms with Crippen LogP contribution in [-0.2, 0) is 23.8 Å². The van der Waals surface area contributed by atoms with Crippen LogP contribution in [-0.4, -0.2) is 100 Å². The van der Waals surface area contributed by atoms with E-state index in [0.29, 0.717) is 19.4 Å². The summed E-state index contributed by atoms with van der Waals surface area (Å²) in [5.41, 5.74) is 0. The van der Waals surface area contributed by atoms with Crippen LogP contribution < -0.4 is 5.32 Å². The lowest BCUT2D eigenvalue weighted by molar-refractivity contribution is -0.302. The molecule has 1 rings (SSSR count). The molecule has 0 aromatic heterocycles. The Labute approximate surface area is 408 Å². The fraction of sp³-hybridized carbons (Fsp3) is 0.786. The van der Waals surface area contributed by atoms with Gasteiger partial charge < -0.3 is 45.1 Å². The smallest absolute Gasteiger partial charge is 0.305 e. The predicted octanol–water partition coefficient (Wildman–Crippen LogP) is 11.5. The molecule has 1 fully saturated rings. The molecule has 1 aliphatic rings. The number of amides is 1. The minimum Gasteiger partial charge on any atom is -0.466 e. The average molecular weight is 946 g/mol. The van der Waals surface area contributed by atoms with E-state index in [0.717, 1.165) is 70.6 Å². The lowest BCUT2D eigenvalue weighted by atomic mass is 9.99. The SMILES string of the molecule is CCCCC/C=C\CCCCCCCC(=O)OCCCCCCCC/C=C\C/C=C\CCC(=O)NC(COC1OC(CO)C(O)C(O)C1O)C(O)/C=C/CC/C=C/CCCCCCCCCC. The molecule has 1 aliphatic heterocycles. The molecule has 6 N–H and O–H groups in total. The molecular formula is C56H99NO10. The molecule has 1 heterocycles. The summed E-state index contributed by atoms with van der Waals surface area (Å²) in [5, 5.41) is 54.2. The van der Waals surface area contributed by atoms with Crippen molar-refractivity contribution in [2.24, 2.45) is 0 Å². The number of rotatable bonds is 45. The summed E-state index contributed by atoms with van der Waals surface area (Å²) >= 11 is 0. The number of aliphatic hydroxyl groups excluding tert-OH is 5. The summed E-state index contributed by atoms with van der Waals surface area (Å²) in [6, 6.07) is -0.873. The molecule has 7 unspecified atom stereocenters. The van der Waals surface area contributed by atoms with Crippen LogP contribution in [0.4, 0.5) is 0 Å². The lowest BCUT2D eigenvalue weighted by Gasteiger charge is -2.40. The van der Waals surface area contributed by atoms with Crippen LogP contribution in [0.5, 0.6) is 0 Å². The first-order valence-corrected chi connectivity index (χ1v) is 27.1. The van der Waals surface area contributed by atoms with Gasteiger partial charge in [0.05, 0.1) is 32.0 Å². The number of carbonyl (C=O) groups is 2. The summed E-state index contributed by atoms with van der Waals surface area (Å²) < 4.78 is 16.6. The minimum absolute atomic E-state index is 0.0515. The Bertz CT molecular complexity index is 1300. The van der Waals surface area contributed by atoms with E-state index in [-0.39, 0.29) is 24.9 Å². The van der Waals surface area contributed by atoms with Gasteiger partial charge >= 0.3 is 5.97 Å². The Balaban J connectivity index is 2.26. The van der Waals surface area contributed by atoms with E-state index < -0.39 is 49.5 Å². The number of aliphatic hydroxyl groups is 5. The highest BCUT2D eigenvalue weighted by molar-refractivity contribution is 5.76. The van der Waals surface area contributed by atoms with Crippen molar-refractivity contribution in [3.8, 4) is 0 Å². The van der Waals surface area contributed by atoms with Gasteiger partial charge in [-0.05, 0) is 89.9 Å². The Morgan fingerprint density at radius 1 is 0.552 bits per heavy atom. The van der Waals surface area contributed by atoms with Crippen LogP contribution in [0.3, 0.4) is 0 Å². The highest BCUT2D eigenvalue weighted by atomic mass is 16.7. The molecule has 67 heavy (non-hydrogen) atoms. The molecule has 11 nitrogen and oxygen atoms in total. The Morgan fingerprint density at radius 3 is 1.63 bits per heavy atom. The number of hydrogen-bond donors (Lipinski definition) is 6. The topological polar surface area (TPSA) is 175 Å². The van der Waals surface area contributed by atoms with Gasteiger partial charge in [0.25, 0.3) is 0 Å². The van der Waals surface area contributed by atoms with Crippen LogP contribution in [0.1, 0.15) is 219 Å². The third-order valence-electron chi connectivity index (χ3n) is 12.3. The third kappa shape index (κ3) is 36.0. The number of esters is 1. The highest BCUT2D eigenvalue weighted by Gasteiger charge is 2.44. The van der Waals surface area contributed by atoms with Crippen LogP contribution in [0, 0.1) is 0 Å². The summed E-state index contributed by atoms with van der Waals surface area (Å²) in [6.45, 7) is 4.18. The average Bonchev–Trinajstić information content (AvgIpc) is 3.32. The molecule has 0 radical (unpaired) electrons. The van der Waals surface area contributed by atoms with E-state index in [4.69, 9.17) is 14.2 Å². The number of allylic oxidation sites excluding steroid dienone is 9. The fourth-order valence-corrected chi connectivity index (χ4v) is 7.96. The van der Waals surface area contributed by atoms with Crippen molar-refractivity contribution in [2.75, 3.05) is 19.8 Å². The molecule has 11 heteroatoms. The molecular weight excluding hydrogens is 847 g/mol. The van der Waals surface area contributed by atoms with Gasteiger partial charge in [-0.15, -0.1) is 0 Å². The first-order chi connectivity index (χ1) is 32.7. The zero-order valence-electron chi connectivity index (χ0n) is 42.3. The van der Waals surface area contributed by atoms with Gasteiger partial charge in [-0.2, -0.15) is 0 Å². The van der Waals surface area contributed by atoms with Gasteiger partial charge in [-0.1, -0.05) is 177 Å². The summed E-state index contributed by atoms with van der Waals surface area (Å²) in [7, 11) is 0. The summed E-state index contributed by atoms with van der Waals surface area (Å²) in [5.74, 6) is -0.326. The van der Waals surface area contributed by atoms with Crippen molar-refractivity contribution in [1.29, 1.82) is 0 Å². The Kier molecular flexibility index (Phi) is 42.6. The van der Waals surface area contributed by atoms with Gasteiger partial charge in [0.15, 0.2) is 6.29 Å². The first-order valence-electron chi connectivity index (χ1n) is 27.1. The minimum atomic E-state index is -1.59. The molecule has 0 bridgehead atoms. The van der Waals surface area contributed by atoms with Crippen LogP contribution in [0.2, 0.25) is 0 Å². The van der Waals surface area contributed by atoms with Gasteiger partial charge in [-0.25, -0.2) is 0 Å².